The Bertz CT molecular complexity index is 390. The van der Waals surface area contributed by atoms with E-state index < -0.39 is 5.97 Å². The third-order valence-corrected chi connectivity index (χ3v) is 3.54. The fraction of sp³-hybridized carbons (Fsp3) is 0.643. The van der Waals surface area contributed by atoms with Crippen molar-refractivity contribution < 1.29 is 19.1 Å². The Morgan fingerprint density at radius 3 is 2.78 bits per heavy atom. The van der Waals surface area contributed by atoms with Gasteiger partial charge in [-0.15, -0.1) is 0 Å². The summed E-state index contributed by atoms with van der Waals surface area (Å²) in [6.07, 6.45) is 6.24. The Hall–Kier alpha value is -1.29. The van der Waals surface area contributed by atoms with Crippen LogP contribution in [0.5, 0.6) is 0 Å². The van der Waals surface area contributed by atoms with Gasteiger partial charge in [-0.3, -0.25) is 0 Å². The van der Waals surface area contributed by atoms with E-state index in [-0.39, 0.29) is 11.9 Å². The minimum atomic E-state index is -1.04. The number of carboxylic acids is 1. The van der Waals surface area contributed by atoms with Gasteiger partial charge in [-0.2, -0.15) is 0 Å². The molecule has 1 aliphatic rings. The van der Waals surface area contributed by atoms with Crippen molar-refractivity contribution in [3.8, 4) is 0 Å². The molecule has 4 heteroatoms. The van der Waals surface area contributed by atoms with E-state index in [1.54, 1.807) is 6.07 Å². The highest BCUT2D eigenvalue weighted by atomic mass is 16.5. The summed E-state index contributed by atoms with van der Waals surface area (Å²) in [7, 11) is 0. The van der Waals surface area contributed by atoms with E-state index in [4.69, 9.17) is 14.3 Å². The summed E-state index contributed by atoms with van der Waals surface area (Å²) in [4.78, 5) is 10.7. The van der Waals surface area contributed by atoms with E-state index in [9.17, 15) is 4.79 Å². The first-order valence-corrected chi connectivity index (χ1v) is 6.61. The van der Waals surface area contributed by atoms with E-state index in [1.807, 2.05) is 6.92 Å². The van der Waals surface area contributed by atoms with Crippen molar-refractivity contribution >= 4 is 5.97 Å². The molecule has 100 valence electrons. The van der Waals surface area contributed by atoms with E-state index in [0.29, 0.717) is 11.7 Å². The first-order valence-electron chi connectivity index (χ1n) is 6.61. The van der Waals surface area contributed by atoms with Gasteiger partial charge in [-0.05, 0) is 37.8 Å². The molecule has 0 bridgehead atoms. The van der Waals surface area contributed by atoms with Crippen LogP contribution in [-0.4, -0.2) is 17.7 Å². The van der Waals surface area contributed by atoms with Crippen LogP contribution in [0.15, 0.2) is 16.5 Å². The van der Waals surface area contributed by atoms with Crippen LogP contribution in [0.3, 0.4) is 0 Å². The molecule has 1 N–H and O–H groups in total. The van der Waals surface area contributed by atoms with Gasteiger partial charge in [0.05, 0.1) is 6.61 Å². The van der Waals surface area contributed by atoms with E-state index in [2.05, 4.69) is 0 Å². The van der Waals surface area contributed by atoms with E-state index in [0.717, 1.165) is 6.61 Å². The van der Waals surface area contributed by atoms with Crippen LogP contribution in [0.1, 0.15) is 61.4 Å². The molecule has 1 aliphatic carbocycles. The number of ether oxygens (including phenoxy) is 1. The molecule has 1 saturated carbocycles. The molecule has 0 aliphatic heterocycles. The quantitative estimate of drug-likeness (QED) is 0.869. The molecule has 4 nitrogen and oxygen atoms in total. The van der Waals surface area contributed by atoms with Crippen LogP contribution in [0.2, 0.25) is 0 Å². The average molecular weight is 252 g/mol. The minimum Gasteiger partial charge on any atom is -0.475 e. The lowest BCUT2D eigenvalue weighted by atomic mass is 9.90. The highest BCUT2D eigenvalue weighted by Crippen LogP contribution is 2.26. The SMILES string of the molecule is CC(OCC1CCCCC1)c1ccc(C(=O)O)o1. The third kappa shape index (κ3) is 3.35. The normalized spacial score (nSPS) is 18.7. The van der Waals surface area contributed by atoms with Gasteiger partial charge < -0.3 is 14.3 Å². The number of furan rings is 1. The van der Waals surface area contributed by atoms with Gasteiger partial charge in [0.15, 0.2) is 0 Å². The van der Waals surface area contributed by atoms with Crippen molar-refractivity contribution in [2.24, 2.45) is 5.92 Å². The van der Waals surface area contributed by atoms with Gasteiger partial charge in [0.1, 0.15) is 11.9 Å². The van der Waals surface area contributed by atoms with Gasteiger partial charge in [0.25, 0.3) is 0 Å². The van der Waals surface area contributed by atoms with Crippen molar-refractivity contribution in [1.29, 1.82) is 0 Å². The summed E-state index contributed by atoms with van der Waals surface area (Å²) in [6, 6.07) is 3.15. The molecule has 1 aromatic rings. The number of carboxylic acid groups (broad SMARTS) is 1. The van der Waals surface area contributed by atoms with Crippen LogP contribution in [-0.2, 0) is 4.74 Å². The Morgan fingerprint density at radius 2 is 2.17 bits per heavy atom. The fourth-order valence-corrected chi connectivity index (χ4v) is 2.40. The number of aromatic carboxylic acids is 1. The predicted molar refractivity (Wildman–Crippen MR) is 66.6 cm³/mol. The lowest BCUT2D eigenvalue weighted by Gasteiger charge is -2.22. The monoisotopic (exact) mass is 252 g/mol. The molecular formula is C14H20O4. The maximum Gasteiger partial charge on any atom is 0.371 e. The van der Waals surface area contributed by atoms with Crippen molar-refractivity contribution in [3.05, 3.63) is 23.7 Å². The third-order valence-electron chi connectivity index (χ3n) is 3.54. The number of carbonyl (C=O) groups is 1. The summed E-state index contributed by atoms with van der Waals surface area (Å²) in [5.41, 5.74) is 0. The van der Waals surface area contributed by atoms with Crippen LogP contribution < -0.4 is 0 Å². The van der Waals surface area contributed by atoms with Crippen molar-refractivity contribution in [3.63, 3.8) is 0 Å². The predicted octanol–water partition coefficient (Wildman–Crippen LogP) is 3.64. The highest BCUT2D eigenvalue weighted by Gasteiger charge is 2.18. The summed E-state index contributed by atoms with van der Waals surface area (Å²) < 4.78 is 11.0. The lowest BCUT2D eigenvalue weighted by Crippen LogP contribution is -2.14. The van der Waals surface area contributed by atoms with Crippen molar-refractivity contribution in [1.82, 2.24) is 0 Å². The molecule has 0 radical (unpaired) electrons. The van der Waals surface area contributed by atoms with Gasteiger partial charge in [-0.25, -0.2) is 4.79 Å². The molecule has 0 aromatic carbocycles. The molecule has 1 aromatic heterocycles. The highest BCUT2D eigenvalue weighted by molar-refractivity contribution is 5.84. The van der Waals surface area contributed by atoms with Gasteiger partial charge >= 0.3 is 5.97 Å². The average Bonchev–Trinajstić information content (AvgIpc) is 2.87. The maximum absolute atomic E-state index is 10.7. The zero-order valence-electron chi connectivity index (χ0n) is 10.7. The van der Waals surface area contributed by atoms with Crippen LogP contribution >= 0.6 is 0 Å². The van der Waals surface area contributed by atoms with Crippen molar-refractivity contribution in [2.75, 3.05) is 6.61 Å². The van der Waals surface area contributed by atoms with Gasteiger partial charge in [-0.1, -0.05) is 19.3 Å². The number of hydrogen-bond acceptors (Lipinski definition) is 3. The molecule has 2 rings (SSSR count). The Kier molecular flexibility index (Phi) is 4.42. The molecule has 0 spiro atoms. The molecule has 1 unspecified atom stereocenters. The summed E-state index contributed by atoms with van der Waals surface area (Å²) in [5.74, 6) is 0.164. The molecule has 18 heavy (non-hydrogen) atoms. The fourth-order valence-electron chi connectivity index (χ4n) is 2.40. The van der Waals surface area contributed by atoms with Crippen molar-refractivity contribution in [2.45, 2.75) is 45.1 Å². The van der Waals surface area contributed by atoms with E-state index >= 15 is 0 Å². The Morgan fingerprint density at radius 1 is 1.44 bits per heavy atom. The summed E-state index contributed by atoms with van der Waals surface area (Å²) in [6.45, 7) is 2.64. The summed E-state index contributed by atoms with van der Waals surface area (Å²) >= 11 is 0. The van der Waals surface area contributed by atoms with Gasteiger partial charge in [0, 0.05) is 0 Å². The largest absolute Gasteiger partial charge is 0.475 e. The second-order valence-electron chi connectivity index (χ2n) is 4.99. The topological polar surface area (TPSA) is 59.7 Å². The smallest absolute Gasteiger partial charge is 0.371 e. The van der Waals surface area contributed by atoms with Crippen LogP contribution in [0, 0.1) is 5.92 Å². The minimum absolute atomic E-state index is 0.0295. The Balaban J connectivity index is 1.82. The molecular weight excluding hydrogens is 232 g/mol. The maximum atomic E-state index is 10.7. The number of hydrogen-bond donors (Lipinski definition) is 1. The standard InChI is InChI=1S/C14H20O4/c1-10(12-7-8-13(18-12)14(15)16)17-9-11-5-3-2-4-6-11/h7-8,10-11H,2-6,9H2,1H3,(H,15,16). The van der Waals surface area contributed by atoms with E-state index in [1.165, 1.54) is 38.2 Å². The molecule has 0 saturated heterocycles. The zero-order chi connectivity index (χ0) is 13.0. The first-order chi connectivity index (χ1) is 8.66. The van der Waals surface area contributed by atoms with Crippen LogP contribution in [0.25, 0.3) is 0 Å². The lowest BCUT2D eigenvalue weighted by molar-refractivity contribution is 0.0176. The molecule has 1 atom stereocenters. The first kappa shape index (κ1) is 13.1. The Labute approximate surface area is 107 Å². The second-order valence-corrected chi connectivity index (χ2v) is 4.99. The molecule has 1 fully saturated rings. The van der Waals surface area contributed by atoms with Crippen LogP contribution in [0.4, 0.5) is 0 Å². The second kappa shape index (κ2) is 6.05. The summed E-state index contributed by atoms with van der Waals surface area (Å²) in [5, 5.41) is 8.78. The number of rotatable bonds is 5. The van der Waals surface area contributed by atoms with Gasteiger partial charge in [0.2, 0.25) is 5.76 Å². The molecule has 1 heterocycles. The molecule has 0 amide bonds. The zero-order valence-corrected chi connectivity index (χ0v) is 10.7.